The largest absolute Gasteiger partial charge is 0.391 e. The molecule has 0 bridgehead atoms. The first kappa shape index (κ1) is 8.69. The summed E-state index contributed by atoms with van der Waals surface area (Å²) in [6.45, 7) is 1.09. The molecule has 0 aromatic rings. The number of hydrogen-bond donors (Lipinski definition) is 1. The van der Waals surface area contributed by atoms with Gasteiger partial charge in [-0.15, -0.1) is 0 Å². The van der Waals surface area contributed by atoms with Gasteiger partial charge in [0.2, 0.25) is 5.91 Å². The molecule has 2 fully saturated rings. The number of aliphatic hydroxyl groups excluding tert-OH is 1. The van der Waals surface area contributed by atoms with Gasteiger partial charge >= 0.3 is 0 Å². The molecule has 0 radical (unpaired) electrons. The van der Waals surface area contributed by atoms with Crippen molar-refractivity contribution in [1.82, 2.24) is 4.90 Å². The summed E-state index contributed by atoms with van der Waals surface area (Å²) >= 11 is 0. The molecule has 1 saturated heterocycles. The third-order valence-corrected chi connectivity index (χ3v) is 2.77. The number of rotatable bonds is 1. The van der Waals surface area contributed by atoms with E-state index >= 15 is 0 Å². The van der Waals surface area contributed by atoms with Gasteiger partial charge in [-0.05, 0) is 6.42 Å². The van der Waals surface area contributed by atoms with Crippen molar-refractivity contribution in [3.05, 3.63) is 0 Å². The van der Waals surface area contributed by atoms with E-state index in [1.807, 2.05) is 0 Å². The molecule has 1 aliphatic heterocycles. The van der Waals surface area contributed by atoms with Crippen LogP contribution in [0.4, 0.5) is 0 Å². The molecule has 1 amide bonds. The van der Waals surface area contributed by atoms with E-state index in [2.05, 4.69) is 0 Å². The molecular formula is C9H13NO3. The summed E-state index contributed by atoms with van der Waals surface area (Å²) in [4.78, 5) is 23.9. The number of likely N-dealkylation sites (tertiary alicyclic amines) is 1. The summed E-state index contributed by atoms with van der Waals surface area (Å²) in [6, 6.07) is 0. The van der Waals surface area contributed by atoms with Crippen LogP contribution in [0, 0.1) is 5.92 Å². The lowest BCUT2D eigenvalue weighted by Gasteiger charge is -2.27. The lowest BCUT2D eigenvalue weighted by molar-refractivity contribution is -0.144. The highest BCUT2D eigenvalue weighted by atomic mass is 16.3. The number of amides is 1. The van der Waals surface area contributed by atoms with Gasteiger partial charge in [0.1, 0.15) is 5.78 Å². The number of nitrogens with zero attached hydrogens (tertiary/aromatic N) is 1. The van der Waals surface area contributed by atoms with E-state index in [-0.39, 0.29) is 23.7 Å². The third kappa shape index (κ3) is 1.58. The number of carbonyl (C=O) groups is 2. The first-order chi connectivity index (χ1) is 6.16. The molecule has 4 heteroatoms. The first-order valence-corrected chi connectivity index (χ1v) is 4.65. The Morgan fingerprint density at radius 1 is 1.46 bits per heavy atom. The molecule has 1 saturated carbocycles. The summed E-state index contributed by atoms with van der Waals surface area (Å²) in [7, 11) is 0. The van der Waals surface area contributed by atoms with Crippen molar-refractivity contribution >= 4 is 11.7 Å². The highest BCUT2D eigenvalue weighted by molar-refractivity contribution is 5.96. The van der Waals surface area contributed by atoms with Crippen molar-refractivity contribution in [2.24, 2.45) is 5.92 Å². The molecule has 1 atom stereocenters. The Kier molecular flexibility index (Phi) is 2.07. The Bertz CT molecular complexity index is 243. The van der Waals surface area contributed by atoms with Crippen molar-refractivity contribution in [2.45, 2.75) is 25.4 Å². The summed E-state index contributed by atoms with van der Waals surface area (Å²) in [5.74, 6) is 0.145. The van der Waals surface area contributed by atoms with Crippen molar-refractivity contribution < 1.29 is 14.7 Å². The summed E-state index contributed by atoms with van der Waals surface area (Å²) in [5.41, 5.74) is 0. The number of aliphatic hydroxyl groups is 1. The fraction of sp³-hybridized carbons (Fsp3) is 0.778. The zero-order valence-corrected chi connectivity index (χ0v) is 7.40. The van der Waals surface area contributed by atoms with E-state index in [9.17, 15) is 14.7 Å². The van der Waals surface area contributed by atoms with Gasteiger partial charge in [-0.1, -0.05) is 0 Å². The molecule has 2 aliphatic rings. The van der Waals surface area contributed by atoms with Crippen LogP contribution < -0.4 is 0 Å². The van der Waals surface area contributed by atoms with Gasteiger partial charge in [0, 0.05) is 25.9 Å². The maximum absolute atomic E-state index is 11.6. The number of β-amino-alcohol motifs (C(OH)–C–C–N with tert-alkyl or cyclic N) is 1. The van der Waals surface area contributed by atoms with E-state index in [1.54, 1.807) is 4.90 Å². The minimum Gasteiger partial charge on any atom is -0.391 e. The van der Waals surface area contributed by atoms with Crippen molar-refractivity contribution in [3.63, 3.8) is 0 Å². The van der Waals surface area contributed by atoms with Crippen molar-refractivity contribution in [1.29, 1.82) is 0 Å². The molecule has 0 spiro atoms. The Labute approximate surface area is 76.5 Å². The normalized spacial score (nSPS) is 29.2. The quantitative estimate of drug-likeness (QED) is 0.599. The van der Waals surface area contributed by atoms with Crippen molar-refractivity contribution in [3.8, 4) is 0 Å². The van der Waals surface area contributed by atoms with Crippen LogP contribution >= 0.6 is 0 Å². The van der Waals surface area contributed by atoms with E-state index in [0.717, 1.165) is 0 Å². The Morgan fingerprint density at radius 3 is 2.62 bits per heavy atom. The smallest absolute Gasteiger partial charge is 0.226 e. The van der Waals surface area contributed by atoms with Crippen LogP contribution in [0.3, 0.4) is 0 Å². The molecule has 2 rings (SSSR count). The maximum Gasteiger partial charge on any atom is 0.226 e. The monoisotopic (exact) mass is 183 g/mol. The van der Waals surface area contributed by atoms with Crippen LogP contribution in [0.2, 0.25) is 0 Å². The number of Topliss-reactive ketones (excluding diaryl/α,β-unsaturated/α-hetero) is 1. The molecule has 1 heterocycles. The van der Waals surface area contributed by atoms with Gasteiger partial charge in [-0.25, -0.2) is 0 Å². The molecular weight excluding hydrogens is 170 g/mol. The lowest BCUT2D eigenvalue weighted by atomic mass is 9.83. The zero-order chi connectivity index (χ0) is 9.42. The Balaban J connectivity index is 1.87. The van der Waals surface area contributed by atoms with Crippen LogP contribution in [-0.2, 0) is 9.59 Å². The second kappa shape index (κ2) is 3.10. The fourth-order valence-corrected chi connectivity index (χ4v) is 1.86. The van der Waals surface area contributed by atoms with Crippen LogP contribution in [0.5, 0.6) is 0 Å². The zero-order valence-electron chi connectivity index (χ0n) is 7.40. The molecule has 0 aromatic heterocycles. The maximum atomic E-state index is 11.6. The third-order valence-electron chi connectivity index (χ3n) is 2.77. The van der Waals surface area contributed by atoms with E-state index in [4.69, 9.17) is 0 Å². The predicted octanol–water partition coefficient (Wildman–Crippen LogP) is -0.441. The standard InChI is InChI=1S/C9H13NO3/c11-7-1-2-10(5-7)9(13)6-3-8(12)4-6/h6-7,11H,1-5H2/t7-/m1/s1. The Hall–Kier alpha value is -0.900. The molecule has 0 unspecified atom stereocenters. The highest BCUT2D eigenvalue weighted by Gasteiger charge is 2.37. The minimum atomic E-state index is -0.361. The number of ketones is 1. The average Bonchev–Trinajstić information content (AvgIpc) is 2.45. The van der Waals surface area contributed by atoms with E-state index in [1.165, 1.54) is 0 Å². The predicted molar refractivity (Wildman–Crippen MR) is 44.9 cm³/mol. The van der Waals surface area contributed by atoms with Crippen molar-refractivity contribution in [2.75, 3.05) is 13.1 Å². The van der Waals surface area contributed by atoms with Gasteiger partial charge in [0.15, 0.2) is 0 Å². The van der Waals surface area contributed by atoms with Gasteiger partial charge in [-0.3, -0.25) is 9.59 Å². The summed E-state index contributed by atoms with van der Waals surface area (Å²) < 4.78 is 0. The lowest BCUT2D eigenvalue weighted by Crippen LogP contribution is -2.41. The van der Waals surface area contributed by atoms with Crippen LogP contribution in [-0.4, -0.2) is 40.9 Å². The fourth-order valence-electron chi connectivity index (χ4n) is 1.86. The average molecular weight is 183 g/mol. The second-order valence-corrected chi connectivity index (χ2v) is 3.87. The number of carbonyl (C=O) groups excluding carboxylic acids is 2. The summed E-state index contributed by atoms with van der Waals surface area (Å²) in [6.07, 6.45) is 1.13. The SMILES string of the molecule is O=C1CC(C(=O)N2CC[C@@H](O)C2)C1. The molecule has 1 aliphatic carbocycles. The topological polar surface area (TPSA) is 57.6 Å². The second-order valence-electron chi connectivity index (χ2n) is 3.87. The van der Waals surface area contributed by atoms with Crippen LogP contribution in [0.15, 0.2) is 0 Å². The molecule has 0 aromatic carbocycles. The molecule has 72 valence electrons. The van der Waals surface area contributed by atoms with Crippen LogP contribution in [0.25, 0.3) is 0 Å². The summed E-state index contributed by atoms with van der Waals surface area (Å²) in [5, 5.41) is 9.21. The minimum absolute atomic E-state index is 0.0520. The Morgan fingerprint density at radius 2 is 2.15 bits per heavy atom. The van der Waals surface area contributed by atoms with Gasteiger partial charge in [0.25, 0.3) is 0 Å². The van der Waals surface area contributed by atoms with Gasteiger partial charge < -0.3 is 10.0 Å². The highest BCUT2D eigenvalue weighted by Crippen LogP contribution is 2.26. The molecule has 13 heavy (non-hydrogen) atoms. The first-order valence-electron chi connectivity index (χ1n) is 4.65. The van der Waals surface area contributed by atoms with E-state index in [0.29, 0.717) is 32.4 Å². The molecule has 4 nitrogen and oxygen atoms in total. The van der Waals surface area contributed by atoms with Gasteiger partial charge in [-0.2, -0.15) is 0 Å². The van der Waals surface area contributed by atoms with Crippen LogP contribution in [0.1, 0.15) is 19.3 Å². The van der Waals surface area contributed by atoms with Gasteiger partial charge in [0.05, 0.1) is 12.0 Å². The van der Waals surface area contributed by atoms with E-state index < -0.39 is 0 Å². The molecule has 1 N–H and O–H groups in total. The number of hydrogen-bond acceptors (Lipinski definition) is 3.